The molecule has 0 amide bonds. The maximum absolute atomic E-state index is 12.0. The van der Waals surface area contributed by atoms with Crippen LogP contribution in [-0.4, -0.2) is 6.43 Å². The largest absolute Gasteiger partial charge is 0.241 e. The van der Waals surface area contributed by atoms with Gasteiger partial charge in [-0.25, -0.2) is 8.78 Å². The van der Waals surface area contributed by atoms with E-state index in [1.54, 1.807) is 6.92 Å². The van der Waals surface area contributed by atoms with Crippen molar-refractivity contribution in [3.63, 3.8) is 0 Å². The first-order valence-electron chi connectivity index (χ1n) is 3.61. The maximum Gasteiger partial charge on any atom is 0.241 e. The Hall–Kier alpha value is -0.140. The molecule has 2 heteroatoms. The van der Waals surface area contributed by atoms with Crippen LogP contribution in [0.5, 0.6) is 0 Å². The average Bonchev–Trinajstić information content (AvgIpc) is 1.60. The van der Waals surface area contributed by atoms with E-state index >= 15 is 0 Å². The molecule has 0 fully saturated rings. The van der Waals surface area contributed by atoms with E-state index in [-0.39, 0.29) is 5.41 Å². The molecule has 1 unspecified atom stereocenters. The molecule has 62 valence electrons. The van der Waals surface area contributed by atoms with Crippen molar-refractivity contribution in [2.75, 3.05) is 0 Å². The van der Waals surface area contributed by atoms with Crippen molar-refractivity contribution >= 4 is 0 Å². The first-order valence-corrected chi connectivity index (χ1v) is 3.61. The van der Waals surface area contributed by atoms with Crippen molar-refractivity contribution in [3.05, 3.63) is 0 Å². The van der Waals surface area contributed by atoms with E-state index in [1.165, 1.54) is 0 Å². The first kappa shape index (κ1) is 9.86. The lowest BCUT2D eigenvalue weighted by atomic mass is 9.86. The van der Waals surface area contributed by atoms with Crippen molar-refractivity contribution in [1.29, 1.82) is 0 Å². The molecule has 0 saturated heterocycles. The van der Waals surface area contributed by atoms with Crippen molar-refractivity contribution in [2.24, 2.45) is 11.3 Å². The van der Waals surface area contributed by atoms with Crippen LogP contribution in [0.1, 0.15) is 34.1 Å². The third kappa shape index (κ3) is 4.71. The molecule has 0 heterocycles. The summed E-state index contributed by atoms with van der Waals surface area (Å²) in [6.45, 7) is 7.53. The lowest BCUT2D eigenvalue weighted by Gasteiger charge is -2.22. The van der Waals surface area contributed by atoms with Gasteiger partial charge in [0.15, 0.2) is 0 Å². The van der Waals surface area contributed by atoms with Gasteiger partial charge in [0.05, 0.1) is 0 Å². The number of halogens is 2. The van der Waals surface area contributed by atoms with Gasteiger partial charge in [-0.05, 0) is 11.8 Å². The minimum atomic E-state index is -2.17. The van der Waals surface area contributed by atoms with Crippen LogP contribution in [0.4, 0.5) is 8.78 Å². The molecule has 0 aromatic heterocycles. The first-order chi connectivity index (χ1) is 4.33. The zero-order valence-corrected chi connectivity index (χ0v) is 7.12. The summed E-state index contributed by atoms with van der Waals surface area (Å²) in [7, 11) is 0. The number of hydrogen-bond acceptors (Lipinski definition) is 0. The van der Waals surface area contributed by atoms with Crippen LogP contribution in [-0.2, 0) is 0 Å². The summed E-state index contributed by atoms with van der Waals surface area (Å²) >= 11 is 0. The van der Waals surface area contributed by atoms with Gasteiger partial charge in [-0.2, -0.15) is 0 Å². The molecule has 0 saturated carbocycles. The average molecular weight is 150 g/mol. The Labute approximate surface area is 61.6 Å². The molecule has 0 aromatic rings. The Bertz CT molecular complexity index is 91.9. The van der Waals surface area contributed by atoms with Crippen molar-refractivity contribution in [2.45, 2.75) is 40.5 Å². The Kier molecular flexibility index (Phi) is 3.26. The third-order valence-electron chi connectivity index (χ3n) is 1.36. The molecule has 0 aliphatic heterocycles. The van der Waals surface area contributed by atoms with Crippen molar-refractivity contribution in [3.8, 4) is 0 Å². The molecule has 0 nitrogen and oxygen atoms in total. The summed E-state index contributed by atoms with van der Waals surface area (Å²) < 4.78 is 23.9. The Morgan fingerprint density at radius 3 is 1.70 bits per heavy atom. The molecule has 0 radical (unpaired) electrons. The van der Waals surface area contributed by atoms with Crippen LogP contribution in [0.25, 0.3) is 0 Å². The van der Waals surface area contributed by atoms with Crippen LogP contribution in [0.15, 0.2) is 0 Å². The van der Waals surface area contributed by atoms with Gasteiger partial charge in [0.2, 0.25) is 6.43 Å². The molecule has 0 spiro atoms. The van der Waals surface area contributed by atoms with E-state index < -0.39 is 12.3 Å². The van der Waals surface area contributed by atoms with E-state index in [4.69, 9.17) is 0 Å². The Morgan fingerprint density at radius 1 is 1.20 bits per heavy atom. The summed E-state index contributed by atoms with van der Waals surface area (Å²) in [4.78, 5) is 0. The molecule has 0 aliphatic rings. The summed E-state index contributed by atoms with van der Waals surface area (Å²) in [5.41, 5.74) is 0.0237. The monoisotopic (exact) mass is 150 g/mol. The molecule has 10 heavy (non-hydrogen) atoms. The quantitative estimate of drug-likeness (QED) is 0.566. The van der Waals surface area contributed by atoms with Gasteiger partial charge in [-0.1, -0.05) is 27.7 Å². The van der Waals surface area contributed by atoms with Gasteiger partial charge < -0.3 is 0 Å². The number of hydrogen-bond donors (Lipinski definition) is 0. The summed E-state index contributed by atoms with van der Waals surface area (Å²) in [5.74, 6) is -0.472. The normalized spacial score (nSPS) is 15.9. The van der Waals surface area contributed by atoms with Crippen molar-refractivity contribution in [1.82, 2.24) is 0 Å². The summed E-state index contributed by atoms with van der Waals surface area (Å²) in [6, 6.07) is 0. The second-order valence-electron chi connectivity index (χ2n) is 4.08. The smallest absolute Gasteiger partial charge is 0.210 e. The predicted octanol–water partition coefficient (Wildman–Crippen LogP) is 3.32. The van der Waals surface area contributed by atoms with Gasteiger partial charge in [-0.3, -0.25) is 0 Å². The highest BCUT2D eigenvalue weighted by atomic mass is 19.3. The van der Waals surface area contributed by atoms with Crippen LogP contribution in [0.3, 0.4) is 0 Å². The van der Waals surface area contributed by atoms with Crippen LogP contribution >= 0.6 is 0 Å². The molecule has 0 bridgehead atoms. The van der Waals surface area contributed by atoms with Gasteiger partial charge in [-0.15, -0.1) is 0 Å². The van der Waals surface area contributed by atoms with E-state index in [2.05, 4.69) is 0 Å². The lowest BCUT2D eigenvalue weighted by Crippen LogP contribution is -2.16. The van der Waals surface area contributed by atoms with Crippen LogP contribution in [0.2, 0.25) is 0 Å². The minimum Gasteiger partial charge on any atom is -0.210 e. The molecule has 0 aliphatic carbocycles. The fourth-order valence-electron chi connectivity index (χ4n) is 1.06. The molecule has 1 atom stereocenters. The number of alkyl halides is 2. The van der Waals surface area contributed by atoms with E-state index in [1.807, 2.05) is 20.8 Å². The molecular formula is C8H16F2. The lowest BCUT2D eigenvalue weighted by molar-refractivity contribution is 0.0632. The highest BCUT2D eigenvalue weighted by molar-refractivity contribution is 4.67. The molecular weight excluding hydrogens is 134 g/mol. The highest BCUT2D eigenvalue weighted by Crippen LogP contribution is 2.27. The molecule has 0 aromatic carbocycles. The molecule has 0 N–H and O–H groups in total. The second-order valence-corrected chi connectivity index (χ2v) is 4.08. The fraction of sp³-hybridized carbons (Fsp3) is 1.00. The van der Waals surface area contributed by atoms with Crippen LogP contribution in [0, 0.1) is 11.3 Å². The topological polar surface area (TPSA) is 0 Å². The van der Waals surface area contributed by atoms with Crippen molar-refractivity contribution < 1.29 is 8.78 Å². The van der Waals surface area contributed by atoms with E-state index in [0.717, 1.165) is 0 Å². The van der Waals surface area contributed by atoms with Gasteiger partial charge in [0.25, 0.3) is 0 Å². The van der Waals surface area contributed by atoms with Crippen LogP contribution < -0.4 is 0 Å². The SMILES string of the molecule is CC(CC(C)(C)C)C(F)F. The van der Waals surface area contributed by atoms with E-state index in [9.17, 15) is 8.78 Å². The Balaban J connectivity index is 3.68. The standard InChI is InChI=1S/C8H16F2/c1-6(7(9)10)5-8(2,3)4/h6-7H,5H2,1-4H3. The number of rotatable bonds is 2. The van der Waals surface area contributed by atoms with E-state index in [0.29, 0.717) is 6.42 Å². The highest BCUT2D eigenvalue weighted by Gasteiger charge is 2.21. The van der Waals surface area contributed by atoms with Gasteiger partial charge in [0.1, 0.15) is 0 Å². The zero-order valence-electron chi connectivity index (χ0n) is 7.12. The second kappa shape index (κ2) is 3.31. The third-order valence-corrected chi connectivity index (χ3v) is 1.36. The fourth-order valence-corrected chi connectivity index (χ4v) is 1.06. The summed E-state index contributed by atoms with van der Waals surface area (Å²) in [6.07, 6.45) is -1.58. The minimum absolute atomic E-state index is 0.0237. The maximum atomic E-state index is 12.0. The molecule has 0 rings (SSSR count). The van der Waals surface area contributed by atoms with Gasteiger partial charge >= 0.3 is 0 Å². The predicted molar refractivity (Wildman–Crippen MR) is 39.2 cm³/mol. The Morgan fingerprint density at radius 2 is 1.60 bits per heavy atom. The van der Waals surface area contributed by atoms with Gasteiger partial charge in [0, 0.05) is 5.92 Å². The zero-order chi connectivity index (χ0) is 8.36. The summed E-state index contributed by atoms with van der Waals surface area (Å²) in [5, 5.41) is 0.